The second kappa shape index (κ2) is 11.0. The third-order valence-electron chi connectivity index (χ3n) is 3.33. The molecule has 0 aliphatic carbocycles. The van der Waals surface area contributed by atoms with Crippen molar-refractivity contribution >= 4 is 29.7 Å². The van der Waals surface area contributed by atoms with Crippen LogP contribution in [0.3, 0.4) is 0 Å². The van der Waals surface area contributed by atoms with Gasteiger partial charge in [-0.25, -0.2) is 4.79 Å². The van der Waals surface area contributed by atoms with Crippen LogP contribution in [0.2, 0.25) is 0 Å². The van der Waals surface area contributed by atoms with Crippen LogP contribution in [0.1, 0.15) is 39.5 Å². The molecule has 0 saturated heterocycles. The van der Waals surface area contributed by atoms with Gasteiger partial charge in [-0.15, -0.1) is 0 Å². The molecule has 0 heterocycles. The van der Waals surface area contributed by atoms with Gasteiger partial charge in [-0.1, -0.05) is 13.8 Å². The third-order valence-corrected chi connectivity index (χ3v) is 3.33. The molecule has 0 unspecified atom stereocenters. The van der Waals surface area contributed by atoms with Gasteiger partial charge >= 0.3 is 17.9 Å². The summed E-state index contributed by atoms with van der Waals surface area (Å²) in [5, 5.41) is 31.0. The zero-order chi connectivity index (χ0) is 20.4. The smallest absolute Gasteiger partial charge is 0.326 e. The molecule has 3 atom stereocenters. The highest BCUT2D eigenvalue weighted by Gasteiger charge is 2.29. The zero-order valence-electron chi connectivity index (χ0n) is 14.6. The van der Waals surface area contributed by atoms with Crippen molar-refractivity contribution in [3.8, 4) is 0 Å². The highest BCUT2D eigenvalue weighted by Crippen LogP contribution is 2.07. The average molecular weight is 375 g/mol. The Labute approximate surface area is 149 Å². The molecule has 0 saturated carbocycles. The third kappa shape index (κ3) is 9.57. The van der Waals surface area contributed by atoms with E-state index in [-0.39, 0.29) is 18.8 Å². The van der Waals surface area contributed by atoms with Crippen LogP contribution < -0.4 is 16.4 Å². The maximum Gasteiger partial charge on any atom is 0.326 e. The summed E-state index contributed by atoms with van der Waals surface area (Å²) in [6.45, 7) is 3.52. The van der Waals surface area contributed by atoms with E-state index in [2.05, 4.69) is 10.6 Å². The molecule has 0 spiro atoms. The molecule has 0 bridgehead atoms. The fraction of sp³-hybridized carbons (Fsp3) is 0.667. The standard InChI is InChI=1S/C15H25N3O8/c1-7(2)5-10(15(25)26)18-14(24)9(3-4-11(19)20)17-13(23)8(16)6-12(21)22/h7-10H,3-6,16H2,1-2H3,(H,17,23)(H,18,24)(H,19,20)(H,21,22)(H,25,26)/t8-,9-,10-/m0/s1. The number of carbonyl (C=O) groups excluding carboxylic acids is 2. The molecular weight excluding hydrogens is 350 g/mol. The van der Waals surface area contributed by atoms with Crippen molar-refractivity contribution in [2.24, 2.45) is 11.7 Å². The van der Waals surface area contributed by atoms with E-state index in [0.717, 1.165) is 0 Å². The van der Waals surface area contributed by atoms with Gasteiger partial charge in [-0.05, 0) is 18.8 Å². The van der Waals surface area contributed by atoms with E-state index in [4.69, 9.17) is 21.1 Å². The molecule has 11 heteroatoms. The number of nitrogens with one attached hydrogen (secondary N) is 2. The predicted octanol–water partition coefficient (Wildman–Crippen LogP) is -1.25. The molecule has 0 radical (unpaired) electrons. The molecule has 0 aliphatic rings. The molecule has 0 aromatic carbocycles. The van der Waals surface area contributed by atoms with Gasteiger partial charge in [0.25, 0.3) is 0 Å². The molecule has 0 aliphatic heterocycles. The molecule has 2 amide bonds. The number of carbonyl (C=O) groups is 5. The minimum atomic E-state index is -1.43. The van der Waals surface area contributed by atoms with Crippen molar-refractivity contribution in [3.05, 3.63) is 0 Å². The Bertz CT molecular complexity index is 549. The molecule has 148 valence electrons. The summed E-state index contributed by atoms with van der Waals surface area (Å²) in [4.78, 5) is 56.7. The lowest BCUT2D eigenvalue weighted by molar-refractivity contribution is -0.143. The highest BCUT2D eigenvalue weighted by atomic mass is 16.4. The Morgan fingerprint density at radius 3 is 1.85 bits per heavy atom. The molecule has 7 N–H and O–H groups in total. The molecular formula is C15H25N3O8. The summed E-state index contributed by atoms with van der Waals surface area (Å²) in [6.07, 6.45) is -1.31. The van der Waals surface area contributed by atoms with E-state index in [0.29, 0.717) is 0 Å². The molecule has 26 heavy (non-hydrogen) atoms. The van der Waals surface area contributed by atoms with Crippen molar-refractivity contribution < 1.29 is 39.3 Å². The summed E-state index contributed by atoms with van der Waals surface area (Å²) in [5.41, 5.74) is 5.40. The molecule has 0 aromatic rings. The monoisotopic (exact) mass is 375 g/mol. The normalized spacial score (nSPS) is 14.2. The minimum Gasteiger partial charge on any atom is -0.481 e. The quantitative estimate of drug-likeness (QED) is 0.241. The first-order chi connectivity index (χ1) is 11.9. The molecule has 0 aromatic heterocycles. The van der Waals surface area contributed by atoms with Crippen LogP contribution in [-0.4, -0.2) is 63.2 Å². The number of aliphatic carboxylic acids is 3. The number of nitrogens with two attached hydrogens (primary N) is 1. The Kier molecular flexibility index (Phi) is 9.89. The lowest BCUT2D eigenvalue weighted by Crippen LogP contribution is -2.55. The van der Waals surface area contributed by atoms with Gasteiger partial charge < -0.3 is 31.7 Å². The van der Waals surface area contributed by atoms with Crippen molar-refractivity contribution in [2.45, 2.75) is 57.7 Å². The van der Waals surface area contributed by atoms with Crippen LogP contribution in [0.15, 0.2) is 0 Å². The minimum absolute atomic E-state index is 0.0348. The van der Waals surface area contributed by atoms with Gasteiger partial charge in [0.15, 0.2) is 0 Å². The Hall–Kier alpha value is -2.69. The van der Waals surface area contributed by atoms with Gasteiger partial charge in [-0.3, -0.25) is 19.2 Å². The lowest BCUT2D eigenvalue weighted by atomic mass is 10.0. The first kappa shape index (κ1) is 23.3. The fourth-order valence-electron chi connectivity index (χ4n) is 2.06. The summed E-state index contributed by atoms with van der Waals surface area (Å²) in [5.74, 6) is -5.67. The predicted molar refractivity (Wildman–Crippen MR) is 88.1 cm³/mol. The second-order valence-corrected chi connectivity index (χ2v) is 6.23. The van der Waals surface area contributed by atoms with E-state index < -0.39 is 60.7 Å². The summed E-state index contributed by atoms with van der Waals surface area (Å²) >= 11 is 0. The number of carboxylic acid groups (broad SMARTS) is 3. The van der Waals surface area contributed by atoms with Crippen LogP contribution in [0, 0.1) is 5.92 Å². The van der Waals surface area contributed by atoms with Gasteiger partial charge in [0, 0.05) is 6.42 Å². The van der Waals surface area contributed by atoms with Crippen LogP contribution in [0.5, 0.6) is 0 Å². The fourth-order valence-corrected chi connectivity index (χ4v) is 2.06. The summed E-state index contributed by atoms with van der Waals surface area (Å²) < 4.78 is 0. The van der Waals surface area contributed by atoms with Gasteiger partial charge in [0.05, 0.1) is 12.5 Å². The number of hydrogen-bond donors (Lipinski definition) is 6. The van der Waals surface area contributed by atoms with Crippen LogP contribution >= 0.6 is 0 Å². The van der Waals surface area contributed by atoms with Gasteiger partial charge in [-0.2, -0.15) is 0 Å². The average Bonchev–Trinajstić information content (AvgIpc) is 2.48. The highest BCUT2D eigenvalue weighted by molar-refractivity contribution is 5.93. The van der Waals surface area contributed by atoms with Crippen molar-refractivity contribution in [2.75, 3.05) is 0 Å². The van der Waals surface area contributed by atoms with E-state index in [9.17, 15) is 24.0 Å². The van der Waals surface area contributed by atoms with Crippen LogP contribution in [-0.2, 0) is 24.0 Å². The van der Waals surface area contributed by atoms with Gasteiger partial charge in [0.2, 0.25) is 11.8 Å². The SMILES string of the molecule is CC(C)C[C@H](NC(=O)[C@H](CCC(=O)O)NC(=O)[C@@H](N)CC(=O)O)C(=O)O. The van der Waals surface area contributed by atoms with E-state index in [1.807, 2.05) is 0 Å². The van der Waals surface area contributed by atoms with Crippen molar-refractivity contribution in [1.82, 2.24) is 10.6 Å². The van der Waals surface area contributed by atoms with E-state index in [1.165, 1.54) is 0 Å². The van der Waals surface area contributed by atoms with Crippen molar-refractivity contribution in [1.29, 1.82) is 0 Å². The first-order valence-electron chi connectivity index (χ1n) is 7.96. The number of amides is 2. The van der Waals surface area contributed by atoms with Crippen molar-refractivity contribution in [3.63, 3.8) is 0 Å². The largest absolute Gasteiger partial charge is 0.481 e. The summed E-state index contributed by atoms with van der Waals surface area (Å²) in [7, 11) is 0. The van der Waals surface area contributed by atoms with E-state index in [1.54, 1.807) is 13.8 Å². The Balaban J connectivity index is 5.11. The van der Waals surface area contributed by atoms with Crippen LogP contribution in [0.25, 0.3) is 0 Å². The second-order valence-electron chi connectivity index (χ2n) is 6.23. The molecule has 11 nitrogen and oxygen atoms in total. The number of rotatable bonds is 12. The van der Waals surface area contributed by atoms with E-state index >= 15 is 0 Å². The molecule has 0 rings (SSSR count). The topological polar surface area (TPSA) is 196 Å². The molecule has 0 fully saturated rings. The summed E-state index contributed by atoms with van der Waals surface area (Å²) in [6, 6.07) is -3.99. The Morgan fingerprint density at radius 2 is 1.42 bits per heavy atom. The zero-order valence-corrected chi connectivity index (χ0v) is 14.6. The number of carboxylic acids is 3. The lowest BCUT2D eigenvalue weighted by Gasteiger charge is -2.23. The maximum absolute atomic E-state index is 12.3. The number of hydrogen-bond acceptors (Lipinski definition) is 6. The van der Waals surface area contributed by atoms with Gasteiger partial charge in [0.1, 0.15) is 12.1 Å². The first-order valence-corrected chi connectivity index (χ1v) is 7.96. The van der Waals surface area contributed by atoms with Crippen LogP contribution in [0.4, 0.5) is 0 Å². The Morgan fingerprint density at radius 1 is 0.885 bits per heavy atom. The maximum atomic E-state index is 12.3.